The Kier molecular flexibility index (Phi) is 6.63. The third-order valence-electron chi connectivity index (χ3n) is 11.8. The molecular formula is C53H30N4O2. The van der Waals surface area contributed by atoms with Crippen LogP contribution in [0, 0.1) is 0 Å². The smallest absolute Gasteiger partial charge is 0.238 e. The first-order valence-electron chi connectivity index (χ1n) is 19.8. The minimum Gasteiger partial charge on any atom is -0.456 e. The van der Waals surface area contributed by atoms with Crippen molar-refractivity contribution < 1.29 is 8.83 Å². The van der Waals surface area contributed by atoms with Crippen molar-refractivity contribution in [3.63, 3.8) is 0 Å². The Bertz CT molecular complexity index is 3870. The Balaban J connectivity index is 1.15. The number of furan rings is 2. The summed E-state index contributed by atoms with van der Waals surface area (Å²) in [6, 6.07) is 63.3. The summed E-state index contributed by atoms with van der Waals surface area (Å²) in [6.45, 7) is 0. The number of rotatable bonds is 4. The van der Waals surface area contributed by atoms with Gasteiger partial charge in [-0.3, -0.25) is 4.57 Å². The fraction of sp³-hybridized carbons (Fsp3) is 0. The predicted octanol–water partition coefficient (Wildman–Crippen LogP) is 14.1. The Morgan fingerprint density at radius 3 is 1.80 bits per heavy atom. The van der Waals surface area contributed by atoms with Crippen LogP contribution in [0.5, 0.6) is 0 Å². The standard InChI is InChI=1S/C53H30N4O2/c1-2-13-33-29-34(24-23-31(33)11-1)51-54-52(35-25-27-39-37-15-5-7-21-45(37)58-47(39)30-35)56-53(55-51)57-44-28-26-32-12-3-4-14-36(32)48(44)43-20-9-17-40(49(43)57)42-19-10-18-41-38-16-6-8-22-46(38)59-50(41)42/h1-30H. The highest BCUT2D eigenvalue weighted by Gasteiger charge is 2.24. The van der Waals surface area contributed by atoms with Crippen LogP contribution >= 0.6 is 0 Å². The van der Waals surface area contributed by atoms with E-state index in [0.717, 1.165) is 109 Å². The molecule has 0 spiro atoms. The molecule has 0 radical (unpaired) electrons. The minimum atomic E-state index is 0.516. The topological polar surface area (TPSA) is 69.9 Å². The summed E-state index contributed by atoms with van der Waals surface area (Å²) in [5, 5.41) is 11.1. The van der Waals surface area contributed by atoms with E-state index in [1.807, 2.05) is 36.4 Å². The SMILES string of the molecule is c1ccc2cc(-c3nc(-c4ccc5c(c4)oc4ccccc45)nc(-n4c5ccc6ccccc6c5c5cccc(-c6cccc7c6oc6ccccc67)c54)n3)ccc2c1. The van der Waals surface area contributed by atoms with Gasteiger partial charge in [-0.25, -0.2) is 4.98 Å². The third kappa shape index (κ3) is 4.77. The zero-order valence-electron chi connectivity index (χ0n) is 31.4. The fourth-order valence-electron chi connectivity index (χ4n) is 9.14. The molecule has 0 unspecified atom stereocenters. The minimum absolute atomic E-state index is 0.516. The van der Waals surface area contributed by atoms with E-state index in [-0.39, 0.29) is 0 Å². The molecule has 6 heteroatoms. The average Bonchev–Trinajstić information content (AvgIpc) is 3.98. The average molecular weight is 755 g/mol. The van der Waals surface area contributed by atoms with Crippen LogP contribution in [0.4, 0.5) is 0 Å². The van der Waals surface area contributed by atoms with Crippen LogP contribution < -0.4 is 0 Å². The van der Waals surface area contributed by atoms with Crippen molar-refractivity contribution in [3.05, 3.63) is 182 Å². The fourth-order valence-corrected chi connectivity index (χ4v) is 9.14. The van der Waals surface area contributed by atoms with Crippen molar-refractivity contribution in [1.29, 1.82) is 0 Å². The van der Waals surface area contributed by atoms with Gasteiger partial charge in [0.05, 0.1) is 11.0 Å². The van der Waals surface area contributed by atoms with Crippen molar-refractivity contribution in [2.45, 2.75) is 0 Å². The van der Waals surface area contributed by atoms with Gasteiger partial charge < -0.3 is 8.83 Å². The lowest BCUT2D eigenvalue weighted by atomic mass is 9.98. The molecule has 0 bridgehead atoms. The molecule has 6 nitrogen and oxygen atoms in total. The van der Waals surface area contributed by atoms with Crippen LogP contribution in [-0.2, 0) is 0 Å². The molecule has 13 aromatic rings. The molecule has 0 aliphatic heterocycles. The van der Waals surface area contributed by atoms with Gasteiger partial charge in [-0.1, -0.05) is 146 Å². The summed E-state index contributed by atoms with van der Waals surface area (Å²) >= 11 is 0. The van der Waals surface area contributed by atoms with Gasteiger partial charge in [-0.15, -0.1) is 0 Å². The van der Waals surface area contributed by atoms with Gasteiger partial charge in [0.15, 0.2) is 11.6 Å². The molecule has 0 fully saturated rings. The number of nitrogens with zero attached hydrogens (tertiary/aromatic N) is 4. The zero-order valence-corrected chi connectivity index (χ0v) is 31.4. The monoisotopic (exact) mass is 754 g/mol. The largest absolute Gasteiger partial charge is 0.456 e. The van der Waals surface area contributed by atoms with Crippen molar-refractivity contribution in [2.75, 3.05) is 0 Å². The Labute approximate surface area is 336 Å². The van der Waals surface area contributed by atoms with E-state index in [1.165, 1.54) is 0 Å². The molecule has 0 amide bonds. The van der Waals surface area contributed by atoms with Gasteiger partial charge in [0.1, 0.15) is 22.3 Å². The predicted molar refractivity (Wildman–Crippen MR) is 240 cm³/mol. The van der Waals surface area contributed by atoms with Gasteiger partial charge in [-0.2, -0.15) is 9.97 Å². The zero-order chi connectivity index (χ0) is 38.6. The summed E-state index contributed by atoms with van der Waals surface area (Å²) < 4.78 is 15.3. The third-order valence-corrected chi connectivity index (χ3v) is 11.8. The first-order chi connectivity index (χ1) is 29.2. The molecule has 4 heterocycles. The van der Waals surface area contributed by atoms with E-state index in [1.54, 1.807) is 0 Å². The van der Waals surface area contributed by atoms with Gasteiger partial charge in [-0.05, 0) is 57.9 Å². The van der Waals surface area contributed by atoms with Crippen molar-refractivity contribution in [2.24, 2.45) is 0 Å². The second-order valence-corrected chi connectivity index (χ2v) is 15.2. The van der Waals surface area contributed by atoms with E-state index in [0.29, 0.717) is 17.6 Å². The molecule has 4 aromatic heterocycles. The molecule has 0 saturated carbocycles. The van der Waals surface area contributed by atoms with Crippen molar-refractivity contribution in [3.8, 4) is 39.9 Å². The quantitative estimate of drug-likeness (QED) is 0.179. The molecule has 13 rings (SSSR count). The van der Waals surface area contributed by atoms with Gasteiger partial charge >= 0.3 is 0 Å². The van der Waals surface area contributed by atoms with Gasteiger partial charge in [0.2, 0.25) is 5.95 Å². The Morgan fingerprint density at radius 1 is 0.373 bits per heavy atom. The lowest BCUT2D eigenvalue weighted by Gasteiger charge is -2.13. The highest BCUT2D eigenvalue weighted by molar-refractivity contribution is 6.24. The highest BCUT2D eigenvalue weighted by Crippen LogP contribution is 2.44. The van der Waals surface area contributed by atoms with Crippen molar-refractivity contribution >= 4 is 87.2 Å². The van der Waals surface area contributed by atoms with Gasteiger partial charge in [0.25, 0.3) is 0 Å². The number of hydrogen-bond acceptors (Lipinski definition) is 5. The summed E-state index contributed by atoms with van der Waals surface area (Å²) in [6.07, 6.45) is 0. The molecular weight excluding hydrogens is 725 g/mol. The maximum atomic E-state index is 6.66. The van der Waals surface area contributed by atoms with E-state index in [2.05, 4.69) is 150 Å². The number of aromatic nitrogens is 4. The van der Waals surface area contributed by atoms with E-state index in [4.69, 9.17) is 23.8 Å². The van der Waals surface area contributed by atoms with Crippen LogP contribution in [0.25, 0.3) is 127 Å². The highest BCUT2D eigenvalue weighted by atomic mass is 16.3. The molecule has 0 aliphatic carbocycles. The number of para-hydroxylation sites is 4. The normalized spacial score (nSPS) is 12.1. The molecule has 59 heavy (non-hydrogen) atoms. The molecule has 0 saturated heterocycles. The van der Waals surface area contributed by atoms with Gasteiger partial charge in [0, 0.05) is 54.6 Å². The molecule has 274 valence electrons. The molecule has 0 atom stereocenters. The lowest BCUT2D eigenvalue weighted by Crippen LogP contribution is -2.07. The number of fused-ring (bicyclic) bond motifs is 12. The maximum Gasteiger partial charge on any atom is 0.238 e. The number of benzene rings is 9. The summed E-state index contributed by atoms with van der Waals surface area (Å²) in [4.78, 5) is 16.0. The van der Waals surface area contributed by atoms with Crippen LogP contribution in [0.3, 0.4) is 0 Å². The van der Waals surface area contributed by atoms with E-state index >= 15 is 0 Å². The maximum absolute atomic E-state index is 6.66. The first kappa shape index (κ1) is 32.0. The Morgan fingerprint density at radius 2 is 0.966 bits per heavy atom. The number of hydrogen-bond donors (Lipinski definition) is 0. The first-order valence-corrected chi connectivity index (χ1v) is 19.8. The summed E-state index contributed by atoms with van der Waals surface area (Å²) in [5.74, 6) is 1.64. The molecule has 0 aliphatic rings. The second-order valence-electron chi connectivity index (χ2n) is 15.2. The molecule has 0 N–H and O–H groups in total. The Hall–Kier alpha value is -8.09. The summed E-state index contributed by atoms with van der Waals surface area (Å²) in [5.41, 5.74) is 9.06. The van der Waals surface area contributed by atoms with Crippen LogP contribution in [0.2, 0.25) is 0 Å². The van der Waals surface area contributed by atoms with E-state index < -0.39 is 0 Å². The summed E-state index contributed by atoms with van der Waals surface area (Å²) in [7, 11) is 0. The molecule has 9 aromatic carbocycles. The van der Waals surface area contributed by atoms with Crippen molar-refractivity contribution in [1.82, 2.24) is 19.5 Å². The van der Waals surface area contributed by atoms with Crippen LogP contribution in [0.15, 0.2) is 191 Å². The van der Waals surface area contributed by atoms with Crippen LogP contribution in [0.1, 0.15) is 0 Å². The van der Waals surface area contributed by atoms with Crippen LogP contribution in [-0.4, -0.2) is 19.5 Å². The van der Waals surface area contributed by atoms with E-state index in [9.17, 15) is 0 Å². The lowest BCUT2D eigenvalue weighted by molar-refractivity contribution is 0.669. The second kappa shape index (κ2) is 12.2.